The van der Waals surface area contributed by atoms with Crippen molar-refractivity contribution in [3.63, 3.8) is 0 Å². The Morgan fingerprint density at radius 1 is 1.37 bits per heavy atom. The molecule has 30 heavy (non-hydrogen) atoms. The van der Waals surface area contributed by atoms with E-state index in [0.29, 0.717) is 6.42 Å². The first-order valence-electron chi connectivity index (χ1n) is 11.2. The molecule has 8 heteroatoms. The summed E-state index contributed by atoms with van der Waals surface area (Å²) in [5.74, 6) is -2.63. The molecule has 2 N–H and O–H groups in total. The SMILES string of the molecule is CCCC(C)NC(=O)C1N([C@H](C)CO)C(=O)[C@@H]2[C@H](C(=O)OCC)[C@@]3(C)OC12CC3C. The second-order valence-corrected chi connectivity index (χ2v) is 9.43. The Balaban J connectivity index is 2.06. The Morgan fingerprint density at radius 3 is 2.60 bits per heavy atom. The highest BCUT2D eigenvalue weighted by Gasteiger charge is 2.80. The van der Waals surface area contributed by atoms with E-state index in [0.717, 1.165) is 12.8 Å². The summed E-state index contributed by atoms with van der Waals surface area (Å²) in [4.78, 5) is 41.5. The molecule has 3 saturated heterocycles. The molecule has 2 bridgehead atoms. The molecule has 2 amide bonds. The lowest BCUT2D eigenvalue weighted by Crippen LogP contribution is -2.58. The van der Waals surface area contributed by atoms with Crippen LogP contribution < -0.4 is 5.32 Å². The van der Waals surface area contributed by atoms with Crippen LogP contribution in [0.15, 0.2) is 0 Å². The summed E-state index contributed by atoms with van der Waals surface area (Å²) in [7, 11) is 0. The number of nitrogens with zero attached hydrogens (tertiary/aromatic N) is 1. The molecule has 3 aliphatic heterocycles. The number of rotatable bonds is 8. The van der Waals surface area contributed by atoms with Crippen molar-refractivity contribution in [2.24, 2.45) is 17.8 Å². The number of nitrogens with one attached hydrogen (secondary N) is 1. The molecule has 3 aliphatic rings. The first kappa shape index (κ1) is 23.0. The highest BCUT2D eigenvalue weighted by Crippen LogP contribution is 2.65. The van der Waals surface area contributed by atoms with Gasteiger partial charge in [0.25, 0.3) is 0 Å². The standard InChI is InChI=1S/C22H36N2O6/c1-7-9-13(4)23-18(26)17-22-10-12(3)21(6,30-22)16(20(28)29-8-2)15(22)19(27)24(17)14(5)11-25/h12-17,25H,7-11H2,1-6H3,(H,23,26)/t12?,13?,14-,15+,16-,17?,21+,22?/m1/s1. The molecule has 4 unspecified atom stereocenters. The van der Waals surface area contributed by atoms with E-state index >= 15 is 0 Å². The lowest BCUT2D eigenvalue weighted by Gasteiger charge is -2.36. The van der Waals surface area contributed by atoms with E-state index in [1.54, 1.807) is 13.8 Å². The van der Waals surface area contributed by atoms with E-state index in [2.05, 4.69) is 5.32 Å². The van der Waals surface area contributed by atoms with Gasteiger partial charge in [-0.15, -0.1) is 0 Å². The fourth-order valence-corrected chi connectivity index (χ4v) is 5.96. The summed E-state index contributed by atoms with van der Waals surface area (Å²) >= 11 is 0. The fourth-order valence-electron chi connectivity index (χ4n) is 5.96. The summed E-state index contributed by atoms with van der Waals surface area (Å²) in [5, 5.41) is 12.8. The molecule has 8 atom stereocenters. The van der Waals surface area contributed by atoms with Crippen LogP contribution in [0.1, 0.15) is 60.8 Å². The minimum Gasteiger partial charge on any atom is -0.466 e. The number of ether oxygens (including phenoxy) is 2. The Morgan fingerprint density at radius 2 is 2.03 bits per heavy atom. The summed E-state index contributed by atoms with van der Waals surface area (Å²) in [6.07, 6.45) is 2.25. The topological polar surface area (TPSA) is 105 Å². The van der Waals surface area contributed by atoms with Crippen molar-refractivity contribution < 1.29 is 29.0 Å². The molecule has 3 heterocycles. The third-order valence-corrected chi connectivity index (χ3v) is 7.39. The van der Waals surface area contributed by atoms with Gasteiger partial charge in [-0.3, -0.25) is 14.4 Å². The maximum Gasteiger partial charge on any atom is 0.312 e. The van der Waals surface area contributed by atoms with Crippen molar-refractivity contribution >= 4 is 17.8 Å². The molecule has 0 aromatic heterocycles. The van der Waals surface area contributed by atoms with Crippen LogP contribution in [-0.2, 0) is 23.9 Å². The minimum atomic E-state index is -1.10. The number of fused-ring (bicyclic) bond motifs is 1. The van der Waals surface area contributed by atoms with E-state index in [4.69, 9.17) is 9.47 Å². The van der Waals surface area contributed by atoms with Gasteiger partial charge in [-0.05, 0) is 46.5 Å². The van der Waals surface area contributed by atoms with Gasteiger partial charge in [-0.2, -0.15) is 0 Å². The molecule has 0 radical (unpaired) electrons. The van der Waals surface area contributed by atoms with Crippen molar-refractivity contribution in [2.45, 2.75) is 90.1 Å². The summed E-state index contributed by atoms with van der Waals surface area (Å²) in [6.45, 7) is 11.2. The lowest BCUT2D eigenvalue weighted by molar-refractivity contribution is -0.162. The van der Waals surface area contributed by atoms with Crippen LogP contribution in [-0.4, -0.2) is 70.3 Å². The normalized spacial score (nSPS) is 39.0. The average Bonchev–Trinajstić information content (AvgIpc) is 3.18. The maximum atomic E-state index is 13.6. The van der Waals surface area contributed by atoms with Gasteiger partial charge in [-0.25, -0.2) is 0 Å². The third kappa shape index (κ3) is 3.14. The Hall–Kier alpha value is -1.67. The van der Waals surface area contributed by atoms with Crippen LogP contribution in [0.5, 0.6) is 0 Å². The number of esters is 1. The van der Waals surface area contributed by atoms with Crippen molar-refractivity contribution in [3.8, 4) is 0 Å². The molecule has 3 rings (SSSR count). The fraction of sp³-hybridized carbons (Fsp3) is 0.864. The van der Waals surface area contributed by atoms with Crippen LogP contribution in [0.25, 0.3) is 0 Å². The number of aliphatic hydroxyl groups excluding tert-OH is 1. The quantitative estimate of drug-likeness (QED) is 0.568. The van der Waals surface area contributed by atoms with Crippen molar-refractivity contribution in [1.82, 2.24) is 10.2 Å². The number of likely N-dealkylation sites (tertiary alicyclic amines) is 1. The molecule has 0 saturated carbocycles. The minimum absolute atomic E-state index is 0.0243. The zero-order chi connectivity index (χ0) is 22.4. The van der Waals surface area contributed by atoms with Crippen LogP contribution in [0, 0.1) is 17.8 Å². The van der Waals surface area contributed by atoms with E-state index in [1.165, 1.54) is 4.90 Å². The van der Waals surface area contributed by atoms with E-state index in [9.17, 15) is 19.5 Å². The van der Waals surface area contributed by atoms with Gasteiger partial charge in [0.05, 0.1) is 30.8 Å². The monoisotopic (exact) mass is 424 g/mol. The van der Waals surface area contributed by atoms with Gasteiger partial charge >= 0.3 is 5.97 Å². The third-order valence-electron chi connectivity index (χ3n) is 7.39. The second kappa shape index (κ2) is 8.11. The molecule has 8 nitrogen and oxygen atoms in total. The first-order valence-corrected chi connectivity index (χ1v) is 11.2. The molecule has 3 fully saturated rings. The predicted molar refractivity (Wildman–Crippen MR) is 109 cm³/mol. The predicted octanol–water partition coefficient (Wildman–Crippen LogP) is 1.25. The maximum absolute atomic E-state index is 13.6. The number of hydrogen-bond acceptors (Lipinski definition) is 6. The van der Waals surface area contributed by atoms with Gasteiger partial charge in [-0.1, -0.05) is 20.3 Å². The first-order chi connectivity index (χ1) is 14.1. The highest BCUT2D eigenvalue weighted by atomic mass is 16.6. The van der Waals surface area contributed by atoms with Crippen LogP contribution in [0.4, 0.5) is 0 Å². The number of carbonyl (C=O) groups excluding carboxylic acids is 3. The molecule has 0 aromatic rings. The number of aliphatic hydroxyl groups is 1. The van der Waals surface area contributed by atoms with Crippen molar-refractivity contribution in [3.05, 3.63) is 0 Å². The van der Waals surface area contributed by atoms with E-state index < -0.39 is 41.1 Å². The number of amides is 2. The Bertz CT molecular complexity index is 714. The van der Waals surface area contributed by atoms with Crippen molar-refractivity contribution in [1.29, 1.82) is 0 Å². The van der Waals surface area contributed by atoms with E-state index in [-0.39, 0.29) is 37.0 Å². The molecular formula is C22H36N2O6. The summed E-state index contributed by atoms with van der Waals surface area (Å²) < 4.78 is 11.8. The highest BCUT2D eigenvalue weighted by molar-refractivity contribution is 5.98. The molecular weight excluding hydrogens is 388 g/mol. The molecule has 170 valence electrons. The van der Waals surface area contributed by atoms with Gasteiger partial charge in [0.15, 0.2) is 0 Å². The second-order valence-electron chi connectivity index (χ2n) is 9.43. The molecule has 0 aromatic carbocycles. The Labute approximate surface area is 178 Å². The molecule has 1 spiro atoms. The van der Waals surface area contributed by atoms with Gasteiger partial charge in [0, 0.05) is 6.04 Å². The van der Waals surface area contributed by atoms with E-state index in [1.807, 2.05) is 27.7 Å². The Kier molecular flexibility index (Phi) is 6.22. The largest absolute Gasteiger partial charge is 0.466 e. The van der Waals surface area contributed by atoms with Gasteiger partial charge in [0.2, 0.25) is 11.8 Å². The zero-order valence-electron chi connectivity index (χ0n) is 18.9. The van der Waals surface area contributed by atoms with Crippen LogP contribution in [0.2, 0.25) is 0 Å². The summed E-state index contributed by atoms with van der Waals surface area (Å²) in [6, 6.07) is -1.50. The average molecular weight is 425 g/mol. The van der Waals surface area contributed by atoms with Gasteiger partial charge < -0.3 is 24.8 Å². The van der Waals surface area contributed by atoms with Crippen LogP contribution >= 0.6 is 0 Å². The number of hydrogen-bond donors (Lipinski definition) is 2. The smallest absolute Gasteiger partial charge is 0.312 e. The zero-order valence-corrected chi connectivity index (χ0v) is 18.9. The lowest BCUT2D eigenvalue weighted by atomic mass is 9.62. The number of carbonyl (C=O) groups is 3. The van der Waals surface area contributed by atoms with Crippen LogP contribution in [0.3, 0.4) is 0 Å². The van der Waals surface area contributed by atoms with Crippen molar-refractivity contribution in [2.75, 3.05) is 13.2 Å². The summed E-state index contributed by atoms with van der Waals surface area (Å²) in [5.41, 5.74) is -1.96. The van der Waals surface area contributed by atoms with Gasteiger partial charge in [0.1, 0.15) is 17.6 Å². The molecule has 0 aliphatic carbocycles.